The van der Waals surface area contributed by atoms with E-state index in [9.17, 15) is 14.4 Å². The zero-order valence-corrected chi connectivity index (χ0v) is 13.7. The van der Waals surface area contributed by atoms with E-state index >= 15 is 0 Å². The maximum Gasteiger partial charge on any atom is 0.337 e. The molecule has 2 N–H and O–H groups in total. The Morgan fingerprint density at radius 2 is 1.29 bits per heavy atom. The second-order valence-electron chi connectivity index (χ2n) is 5.35. The van der Waals surface area contributed by atoms with Crippen molar-refractivity contribution in [3.05, 3.63) is 59.2 Å². The first-order valence-electron chi connectivity index (χ1n) is 7.28. The van der Waals surface area contributed by atoms with Gasteiger partial charge in [-0.3, -0.25) is 9.59 Å². The molecule has 0 atom stereocenters. The van der Waals surface area contributed by atoms with E-state index in [4.69, 9.17) is 0 Å². The molecule has 6 heteroatoms. The number of benzene rings is 2. The van der Waals surface area contributed by atoms with Crippen LogP contribution in [0.25, 0.3) is 0 Å². The Hall–Kier alpha value is -3.15. The summed E-state index contributed by atoms with van der Waals surface area (Å²) in [7, 11) is 1.29. The van der Waals surface area contributed by atoms with Gasteiger partial charge in [-0.15, -0.1) is 0 Å². The summed E-state index contributed by atoms with van der Waals surface area (Å²) in [5.74, 6) is -2.03. The molecule has 0 fully saturated rings. The van der Waals surface area contributed by atoms with Gasteiger partial charge in [0.15, 0.2) is 0 Å². The molecule has 0 aliphatic heterocycles. The van der Waals surface area contributed by atoms with Crippen molar-refractivity contribution in [3.8, 4) is 0 Å². The number of hydrogen-bond acceptors (Lipinski definition) is 4. The minimum absolute atomic E-state index is 0.357. The first kappa shape index (κ1) is 17.2. The number of amides is 2. The summed E-state index contributed by atoms with van der Waals surface area (Å²) in [6, 6.07) is 11.6. The molecule has 0 saturated carbocycles. The van der Waals surface area contributed by atoms with E-state index in [1.165, 1.54) is 31.4 Å². The van der Waals surface area contributed by atoms with Crippen LogP contribution in [0.3, 0.4) is 0 Å². The molecule has 0 saturated heterocycles. The smallest absolute Gasteiger partial charge is 0.337 e. The normalized spacial score (nSPS) is 9.96. The molecule has 0 spiro atoms. The molecular weight excluding hydrogens is 308 g/mol. The van der Waals surface area contributed by atoms with Crippen molar-refractivity contribution in [2.24, 2.45) is 0 Å². The Kier molecular flexibility index (Phi) is 5.31. The van der Waals surface area contributed by atoms with Gasteiger partial charge in [0.05, 0.1) is 12.7 Å². The van der Waals surface area contributed by atoms with Gasteiger partial charge in [-0.1, -0.05) is 6.07 Å². The van der Waals surface area contributed by atoms with Crippen LogP contribution in [0.4, 0.5) is 11.4 Å². The number of carbonyl (C=O) groups is 3. The number of rotatable bonds is 3. The van der Waals surface area contributed by atoms with Gasteiger partial charge in [-0.05, 0) is 61.4 Å². The quantitative estimate of drug-likeness (QED) is 0.671. The number of hydrogen-bond donors (Lipinski definition) is 2. The predicted molar refractivity (Wildman–Crippen MR) is 91.0 cm³/mol. The topological polar surface area (TPSA) is 84.5 Å². The van der Waals surface area contributed by atoms with Gasteiger partial charge in [-0.2, -0.15) is 0 Å². The molecular formula is C18H18N2O4. The number of anilines is 2. The van der Waals surface area contributed by atoms with Crippen LogP contribution < -0.4 is 10.6 Å². The van der Waals surface area contributed by atoms with E-state index < -0.39 is 17.8 Å². The number of carbonyl (C=O) groups excluding carboxylic acids is 3. The zero-order chi connectivity index (χ0) is 17.7. The minimum atomic E-state index is -0.792. The summed E-state index contributed by atoms with van der Waals surface area (Å²) >= 11 is 0. The van der Waals surface area contributed by atoms with Gasteiger partial charge in [-0.25, -0.2) is 4.79 Å². The fourth-order valence-electron chi connectivity index (χ4n) is 2.23. The largest absolute Gasteiger partial charge is 0.465 e. The molecule has 0 aliphatic carbocycles. The third-order valence-electron chi connectivity index (χ3n) is 3.25. The summed E-state index contributed by atoms with van der Waals surface area (Å²) < 4.78 is 4.59. The van der Waals surface area contributed by atoms with Crippen LogP contribution in [-0.2, 0) is 14.3 Å². The number of ether oxygens (including phenoxy) is 1. The molecule has 0 unspecified atom stereocenters. The van der Waals surface area contributed by atoms with E-state index in [0.717, 1.165) is 11.1 Å². The van der Waals surface area contributed by atoms with Crippen LogP contribution in [-0.4, -0.2) is 24.9 Å². The molecule has 0 aromatic heterocycles. The van der Waals surface area contributed by atoms with Crippen LogP contribution in [0.1, 0.15) is 21.5 Å². The fraction of sp³-hybridized carbons (Fsp3) is 0.167. The average molecular weight is 326 g/mol. The summed E-state index contributed by atoms with van der Waals surface area (Å²) in [4.78, 5) is 35.3. The Morgan fingerprint density at radius 1 is 0.792 bits per heavy atom. The van der Waals surface area contributed by atoms with Gasteiger partial charge in [0.25, 0.3) is 0 Å². The van der Waals surface area contributed by atoms with E-state index in [0.29, 0.717) is 16.9 Å². The second-order valence-corrected chi connectivity index (χ2v) is 5.35. The van der Waals surface area contributed by atoms with Crippen LogP contribution in [0, 0.1) is 13.8 Å². The lowest BCUT2D eigenvalue weighted by molar-refractivity contribution is -0.132. The molecule has 0 radical (unpaired) electrons. The van der Waals surface area contributed by atoms with Crippen LogP contribution >= 0.6 is 0 Å². The van der Waals surface area contributed by atoms with E-state index in [-0.39, 0.29) is 0 Å². The number of nitrogens with one attached hydrogen (secondary N) is 2. The standard InChI is InChI=1S/C18H18N2O4/c1-11-8-12(2)10-15(9-11)20-17(22)16(21)19-14-6-4-13(5-7-14)18(23)24-3/h4-10H,1-3H3,(H,19,21)(H,20,22). The first-order valence-corrected chi connectivity index (χ1v) is 7.28. The van der Waals surface area contributed by atoms with Gasteiger partial charge < -0.3 is 15.4 Å². The molecule has 2 rings (SSSR count). The van der Waals surface area contributed by atoms with Crippen molar-refractivity contribution in [1.29, 1.82) is 0 Å². The monoisotopic (exact) mass is 326 g/mol. The van der Waals surface area contributed by atoms with Gasteiger partial charge in [0, 0.05) is 11.4 Å². The molecule has 24 heavy (non-hydrogen) atoms. The maximum atomic E-state index is 12.0. The van der Waals surface area contributed by atoms with Crippen LogP contribution in [0.5, 0.6) is 0 Å². The lowest BCUT2D eigenvalue weighted by Crippen LogP contribution is -2.29. The van der Waals surface area contributed by atoms with Crippen LogP contribution in [0.15, 0.2) is 42.5 Å². The van der Waals surface area contributed by atoms with Crippen molar-refractivity contribution in [1.82, 2.24) is 0 Å². The highest BCUT2D eigenvalue weighted by Crippen LogP contribution is 2.14. The number of methoxy groups -OCH3 is 1. The first-order chi connectivity index (χ1) is 11.4. The molecule has 0 aliphatic rings. The fourth-order valence-corrected chi connectivity index (χ4v) is 2.23. The predicted octanol–water partition coefficient (Wildman–Crippen LogP) is 2.67. The number of esters is 1. The SMILES string of the molecule is COC(=O)c1ccc(NC(=O)C(=O)Nc2cc(C)cc(C)c2)cc1. The Bertz CT molecular complexity index is 762. The summed E-state index contributed by atoms with van der Waals surface area (Å²) in [6.07, 6.45) is 0. The van der Waals surface area contributed by atoms with Crippen molar-refractivity contribution in [2.75, 3.05) is 17.7 Å². The Morgan fingerprint density at radius 3 is 1.79 bits per heavy atom. The van der Waals surface area contributed by atoms with Crippen molar-refractivity contribution in [3.63, 3.8) is 0 Å². The lowest BCUT2D eigenvalue weighted by Gasteiger charge is -2.08. The van der Waals surface area contributed by atoms with Gasteiger partial charge >= 0.3 is 17.8 Å². The highest BCUT2D eigenvalue weighted by atomic mass is 16.5. The van der Waals surface area contributed by atoms with Crippen LogP contribution in [0.2, 0.25) is 0 Å². The number of aryl methyl sites for hydroxylation is 2. The molecule has 2 amide bonds. The van der Waals surface area contributed by atoms with E-state index in [1.54, 1.807) is 12.1 Å². The molecule has 2 aromatic rings. The second kappa shape index (κ2) is 7.41. The highest BCUT2D eigenvalue weighted by molar-refractivity contribution is 6.43. The Balaban J connectivity index is 2.01. The van der Waals surface area contributed by atoms with E-state index in [2.05, 4.69) is 15.4 Å². The third kappa shape index (κ3) is 4.42. The zero-order valence-electron chi connectivity index (χ0n) is 13.7. The average Bonchev–Trinajstić information content (AvgIpc) is 2.53. The molecule has 2 aromatic carbocycles. The Labute approximate surface area is 139 Å². The van der Waals surface area contributed by atoms with Crippen molar-refractivity contribution < 1.29 is 19.1 Å². The molecule has 124 valence electrons. The minimum Gasteiger partial charge on any atom is -0.465 e. The van der Waals surface area contributed by atoms with Crippen molar-refractivity contribution in [2.45, 2.75) is 13.8 Å². The summed E-state index contributed by atoms with van der Waals surface area (Å²) in [5, 5.41) is 5.03. The molecule has 0 heterocycles. The summed E-state index contributed by atoms with van der Waals surface area (Å²) in [6.45, 7) is 3.82. The molecule has 6 nitrogen and oxygen atoms in total. The van der Waals surface area contributed by atoms with Crippen molar-refractivity contribution >= 4 is 29.2 Å². The third-order valence-corrected chi connectivity index (χ3v) is 3.25. The van der Waals surface area contributed by atoms with E-state index in [1.807, 2.05) is 19.9 Å². The lowest BCUT2D eigenvalue weighted by atomic mass is 10.1. The highest BCUT2D eigenvalue weighted by Gasteiger charge is 2.14. The summed E-state index contributed by atoms with van der Waals surface area (Å²) in [5.41, 5.74) is 3.31. The van der Waals surface area contributed by atoms with Gasteiger partial charge in [0.2, 0.25) is 0 Å². The van der Waals surface area contributed by atoms with Gasteiger partial charge in [0.1, 0.15) is 0 Å². The maximum absolute atomic E-state index is 12.0. The molecule has 0 bridgehead atoms.